The van der Waals surface area contributed by atoms with Gasteiger partial charge in [0.2, 0.25) is 5.60 Å². The maximum atomic E-state index is 14.0. The number of nitrogens with one attached hydrogen (secondary N) is 1. The molecule has 0 fully saturated rings. The van der Waals surface area contributed by atoms with Crippen LogP contribution in [0, 0.1) is 0 Å². The minimum Gasteiger partial charge on any atom is -0.496 e. The Morgan fingerprint density at radius 1 is 1.02 bits per heavy atom. The quantitative estimate of drug-likeness (QED) is 0.292. The average Bonchev–Trinajstić information content (AvgIpc) is 2.93. The number of alkyl carbamates (subject to hydrolysis) is 1. The van der Waals surface area contributed by atoms with Crippen molar-refractivity contribution in [3.63, 3.8) is 0 Å². The van der Waals surface area contributed by atoms with Gasteiger partial charge in [0.15, 0.2) is 0 Å². The summed E-state index contributed by atoms with van der Waals surface area (Å²) >= 11 is 0. The van der Waals surface area contributed by atoms with Gasteiger partial charge in [-0.2, -0.15) is 13.2 Å². The SMILES string of the molecule is COc1ccccc1C1(C)Oc2cc(C(F)(F)F)c(OC(C)=O)cc2N(CCNC(=O)OCc2ccccc2)C1=O. The highest BCUT2D eigenvalue weighted by molar-refractivity contribution is 6.04. The van der Waals surface area contributed by atoms with Crippen molar-refractivity contribution in [1.82, 2.24) is 5.32 Å². The Balaban J connectivity index is 1.68. The normalized spacial score (nSPS) is 16.3. The molecule has 216 valence electrons. The molecule has 0 radical (unpaired) electrons. The lowest BCUT2D eigenvalue weighted by molar-refractivity contribution is -0.141. The van der Waals surface area contributed by atoms with Crippen LogP contribution in [0.3, 0.4) is 0 Å². The summed E-state index contributed by atoms with van der Waals surface area (Å²) in [7, 11) is 1.39. The van der Waals surface area contributed by atoms with Crippen molar-refractivity contribution in [2.45, 2.75) is 32.2 Å². The predicted molar refractivity (Wildman–Crippen MR) is 141 cm³/mol. The number of ether oxygens (including phenoxy) is 4. The fraction of sp³-hybridized carbons (Fsp3) is 0.276. The van der Waals surface area contributed by atoms with Crippen LogP contribution in [0.2, 0.25) is 0 Å². The molecule has 0 bridgehead atoms. The highest BCUT2D eigenvalue weighted by atomic mass is 19.4. The molecule has 3 aromatic rings. The number of alkyl halides is 3. The van der Waals surface area contributed by atoms with Crippen LogP contribution < -0.4 is 24.4 Å². The molecule has 0 saturated carbocycles. The Morgan fingerprint density at radius 3 is 2.37 bits per heavy atom. The largest absolute Gasteiger partial charge is 0.496 e. The van der Waals surface area contributed by atoms with Gasteiger partial charge in [0.1, 0.15) is 29.4 Å². The Morgan fingerprint density at radius 2 is 1.71 bits per heavy atom. The monoisotopic (exact) mass is 572 g/mol. The second-order valence-corrected chi connectivity index (χ2v) is 9.19. The first-order valence-electron chi connectivity index (χ1n) is 12.5. The van der Waals surface area contributed by atoms with Gasteiger partial charge in [-0.3, -0.25) is 9.59 Å². The summed E-state index contributed by atoms with van der Waals surface area (Å²) in [6.07, 6.45) is -5.66. The summed E-state index contributed by atoms with van der Waals surface area (Å²) in [6, 6.07) is 17.0. The van der Waals surface area contributed by atoms with Crippen LogP contribution >= 0.6 is 0 Å². The summed E-state index contributed by atoms with van der Waals surface area (Å²) in [5, 5.41) is 2.54. The summed E-state index contributed by atoms with van der Waals surface area (Å²) < 4.78 is 63.3. The van der Waals surface area contributed by atoms with Gasteiger partial charge >= 0.3 is 18.2 Å². The number of amides is 2. The van der Waals surface area contributed by atoms with Crippen molar-refractivity contribution >= 4 is 23.7 Å². The van der Waals surface area contributed by atoms with Crippen LogP contribution in [0.25, 0.3) is 0 Å². The topological polar surface area (TPSA) is 103 Å². The van der Waals surface area contributed by atoms with E-state index in [4.69, 9.17) is 18.9 Å². The van der Waals surface area contributed by atoms with E-state index in [9.17, 15) is 27.6 Å². The van der Waals surface area contributed by atoms with Gasteiger partial charge in [0.25, 0.3) is 5.91 Å². The van der Waals surface area contributed by atoms with E-state index in [2.05, 4.69) is 5.32 Å². The maximum Gasteiger partial charge on any atom is 0.420 e. The number of halogens is 3. The zero-order valence-corrected chi connectivity index (χ0v) is 22.4. The van der Waals surface area contributed by atoms with Crippen LogP contribution in [0.1, 0.15) is 30.5 Å². The third-order valence-electron chi connectivity index (χ3n) is 6.32. The van der Waals surface area contributed by atoms with Crippen LogP contribution in [-0.2, 0) is 32.7 Å². The molecule has 2 amide bonds. The van der Waals surface area contributed by atoms with E-state index in [1.807, 2.05) is 6.07 Å². The van der Waals surface area contributed by atoms with Crippen molar-refractivity contribution in [3.05, 3.63) is 83.4 Å². The number of rotatable bonds is 8. The van der Waals surface area contributed by atoms with Gasteiger partial charge in [0, 0.05) is 31.6 Å². The van der Waals surface area contributed by atoms with E-state index in [0.717, 1.165) is 23.5 Å². The van der Waals surface area contributed by atoms with Crippen molar-refractivity contribution in [2.24, 2.45) is 0 Å². The van der Waals surface area contributed by atoms with Crippen molar-refractivity contribution in [3.8, 4) is 17.2 Å². The number of anilines is 1. The molecule has 0 spiro atoms. The van der Waals surface area contributed by atoms with Gasteiger partial charge in [-0.15, -0.1) is 0 Å². The van der Waals surface area contributed by atoms with Gasteiger partial charge in [-0.1, -0.05) is 48.5 Å². The summed E-state index contributed by atoms with van der Waals surface area (Å²) in [5.74, 6) is -2.43. The van der Waals surface area contributed by atoms with Crippen LogP contribution in [0.5, 0.6) is 17.2 Å². The molecule has 4 rings (SSSR count). The Hall–Kier alpha value is -4.74. The molecule has 9 nitrogen and oxygen atoms in total. The molecule has 1 aliphatic rings. The first kappa shape index (κ1) is 29.2. The summed E-state index contributed by atoms with van der Waals surface area (Å²) in [4.78, 5) is 39.0. The minimum atomic E-state index is -4.90. The highest BCUT2D eigenvalue weighted by Crippen LogP contribution is 2.49. The molecule has 0 saturated heterocycles. The number of carbonyl (C=O) groups excluding carboxylic acids is 3. The molecule has 41 heavy (non-hydrogen) atoms. The standard InChI is InChI=1S/C29H27F3N2O7/c1-18(35)40-24-16-22-25(15-21(24)29(30,31)32)41-28(2,20-11-7-8-12-23(20)38-3)26(36)34(22)14-13-33-27(37)39-17-19-9-5-4-6-10-19/h4-12,15-16H,13-14,17H2,1-3H3,(H,33,37). The minimum absolute atomic E-state index is 0.0177. The van der Waals surface area contributed by atoms with Crippen LogP contribution in [0.4, 0.5) is 23.7 Å². The van der Waals surface area contributed by atoms with E-state index in [-0.39, 0.29) is 42.4 Å². The second kappa shape index (κ2) is 11.8. The van der Waals surface area contributed by atoms with E-state index >= 15 is 0 Å². The number of para-hydroxylation sites is 1. The molecule has 1 atom stereocenters. The Kier molecular flexibility index (Phi) is 8.41. The van der Waals surface area contributed by atoms with Gasteiger partial charge < -0.3 is 29.2 Å². The fourth-order valence-electron chi connectivity index (χ4n) is 4.41. The van der Waals surface area contributed by atoms with E-state index in [0.29, 0.717) is 6.07 Å². The molecule has 1 N–H and O–H groups in total. The first-order valence-corrected chi connectivity index (χ1v) is 12.5. The molecule has 3 aromatic carbocycles. The third-order valence-corrected chi connectivity index (χ3v) is 6.32. The Bertz CT molecular complexity index is 1450. The molecule has 1 unspecified atom stereocenters. The smallest absolute Gasteiger partial charge is 0.420 e. The Labute approximate surface area is 233 Å². The number of benzene rings is 3. The number of fused-ring (bicyclic) bond motifs is 1. The number of hydrogen-bond acceptors (Lipinski definition) is 7. The predicted octanol–water partition coefficient (Wildman–Crippen LogP) is 5.21. The lowest BCUT2D eigenvalue weighted by atomic mass is 9.90. The number of methoxy groups -OCH3 is 1. The second-order valence-electron chi connectivity index (χ2n) is 9.19. The number of esters is 1. The van der Waals surface area contributed by atoms with E-state index in [1.54, 1.807) is 48.5 Å². The van der Waals surface area contributed by atoms with Crippen LogP contribution in [-0.4, -0.2) is 38.2 Å². The highest BCUT2D eigenvalue weighted by Gasteiger charge is 2.49. The third kappa shape index (κ3) is 6.37. The lowest BCUT2D eigenvalue weighted by Gasteiger charge is -2.41. The molecule has 1 aliphatic heterocycles. The number of hydrogen-bond donors (Lipinski definition) is 1. The summed E-state index contributed by atoms with van der Waals surface area (Å²) in [6.45, 7) is 2.10. The molecule has 12 heteroatoms. The lowest BCUT2D eigenvalue weighted by Crippen LogP contribution is -2.54. The van der Waals surface area contributed by atoms with Gasteiger partial charge in [0.05, 0.1) is 12.8 Å². The number of carbonyl (C=O) groups is 3. The summed E-state index contributed by atoms with van der Waals surface area (Å²) in [5.41, 5.74) is -2.10. The maximum absolute atomic E-state index is 14.0. The molecule has 0 aliphatic carbocycles. The van der Waals surface area contributed by atoms with E-state index < -0.39 is 41.1 Å². The van der Waals surface area contributed by atoms with E-state index in [1.165, 1.54) is 14.0 Å². The fourth-order valence-corrected chi connectivity index (χ4v) is 4.41. The van der Waals surface area contributed by atoms with Gasteiger partial charge in [-0.05, 0) is 24.6 Å². The molecular weight excluding hydrogens is 545 g/mol. The van der Waals surface area contributed by atoms with Crippen molar-refractivity contribution in [1.29, 1.82) is 0 Å². The zero-order valence-electron chi connectivity index (χ0n) is 22.4. The zero-order chi connectivity index (χ0) is 29.8. The molecule has 1 heterocycles. The molecule has 0 aromatic heterocycles. The average molecular weight is 573 g/mol. The van der Waals surface area contributed by atoms with Crippen molar-refractivity contribution in [2.75, 3.05) is 25.1 Å². The van der Waals surface area contributed by atoms with Gasteiger partial charge in [-0.25, -0.2) is 4.79 Å². The molecular formula is C29H27F3N2O7. The van der Waals surface area contributed by atoms with Crippen LogP contribution in [0.15, 0.2) is 66.7 Å². The number of nitrogens with zero attached hydrogens (tertiary/aromatic N) is 1. The first-order chi connectivity index (χ1) is 19.4. The van der Waals surface area contributed by atoms with Crippen molar-refractivity contribution < 1.29 is 46.5 Å².